The lowest BCUT2D eigenvalue weighted by atomic mass is 9.92. The first-order chi connectivity index (χ1) is 12.4. The molecule has 1 fully saturated rings. The van der Waals surface area contributed by atoms with Gasteiger partial charge in [-0.3, -0.25) is 4.79 Å². The maximum Gasteiger partial charge on any atom is 0.227 e. The molecule has 0 radical (unpaired) electrons. The van der Waals surface area contributed by atoms with Crippen molar-refractivity contribution in [2.45, 2.75) is 45.6 Å². The van der Waals surface area contributed by atoms with Crippen molar-refractivity contribution in [3.05, 3.63) is 35.5 Å². The molecule has 1 aromatic carbocycles. The van der Waals surface area contributed by atoms with Gasteiger partial charge in [-0.25, -0.2) is 4.39 Å². The first-order valence-electron chi connectivity index (χ1n) is 9.06. The number of aryl methyl sites for hydroxylation is 2. The molecule has 1 aromatic heterocycles. The van der Waals surface area contributed by atoms with Crippen LogP contribution in [0.25, 0.3) is 11.4 Å². The number of piperidine rings is 1. The highest BCUT2D eigenvalue weighted by molar-refractivity contribution is 5.76. The molecule has 2 N–H and O–H groups in total. The first kappa shape index (κ1) is 18.5. The lowest BCUT2D eigenvalue weighted by Gasteiger charge is -2.34. The third-order valence-corrected chi connectivity index (χ3v) is 5.00. The fourth-order valence-corrected chi connectivity index (χ4v) is 3.24. The van der Waals surface area contributed by atoms with Gasteiger partial charge in [-0.15, -0.1) is 0 Å². The van der Waals surface area contributed by atoms with Crippen molar-refractivity contribution in [3.63, 3.8) is 0 Å². The van der Waals surface area contributed by atoms with E-state index >= 15 is 0 Å². The second-order valence-electron chi connectivity index (χ2n) is 7.08. The van der Waals surface area contributed by atoms with Crippen molar-refractivity contribution in [2.75, 3.05) is 13.1 Å². The number of carbonyl (C=O) groups excluding carboxylic acids is 1. The summed E-state index contributed by atoms with van der Waals surface area (Å²) in [6.07, 6.45) is 2.75. The van der Waals surface area contributed by atoms with Gasteiger partial charge in [-0.2, -0.15) is 4.98 Å². The van der Waals surface area contributed by atoms with Gasteiger partial charge in [0.25, 0.3) is 0 Å². The molecule has 0 saturated carbocycles. The molecular weight excluding hydrogens is 335 g/mol. The van der Waals surface area contributed by atoms with Gasteiger partial charge in [0.05, 0.1) is 0 Å². The van der Waals surface area contributed by atoms with Crippen LogP contribution in [0.4, 0.5) is 4.39 Å². The highest BCUT2D eigenvalue weighted by Crippen LogP contribution is 2.21. The van der Waals surface area contributed by atoms with Gasteiger partial charge < -0.3 is 15.2 Å². The second kappa shape index (κ2) is 7.95. The minimum absolute atomic E-state index is 0.0801. The molecule has 1 aliphatic heterocycles. The summed E-state index contributed by atoms with van der Waals surface area (Å²) in [7, 11) is 0. The minimum atomic E-state index is -0.308. The number of carbonyl (C=O) groups is 1. The summed E-state index contributed by atoms with van der Waals surface area (Å²) in [6.45, 7) is 5.18. The standard InChI is InChI=1S/C19H25FN4O2/c1-12-5-6-14(10-16(12)20)19-22-17(26-23-19)7-8-18(25)24-9-3-4-15(11-24)13(2)21/h5-6,10,13,15H,3-4,7-9,11,21H2,1-2H3. The largest absolute Gasteiger partial charge is 0.342 e. The number of benzene rings is 1. The number of nitrogens with two attached hydrogens (primary N) is 1. The number of hydrogen-bond donors (Lipinski definition) is 1. The summed E-state index contributed by atoms with van der Waals surface area (Å²) >= 11 is 0. The van der Waals surface area contributed by atoms with E-state index in [9.17, 15) is 9.18 Å². The zero-order chi connectivity index (χ0) is 18.7. The van der Waals surface area contributed by atoms with Crippen molar-refractivity contribution in [1.82, 2.24) is 15.0 Å². The van der Waals surface area contributed by atoms with Gasteiger partial charge in [0.1, 0.15) is 5.82 Å². The van der Waals surface area contributed by atoms with Crippen LogP contribution in [0.2, 0.25) is 0 Å². The topological polar surface area (TPSA) is 85.2 Å². The van der Waals surface area contributed by atoms with Gasteiger partial charge in [-0.05, 0) is 44.2 Å². The maximum absolute atomic E-state index is 13.7. The number of halogens is 1. The van der Waals surface area contributed by atoms with Crippen LogP contribution >= 0.6 is 0 Å². The predicted octanol–water partition coefficient (Wildman–Crippen LogP) is 2.70. The zero-order valence-corrected chi connectivity index (χ0v) is 15.2. The van der Waals surface area contributed by atoms with Crippen molar-refractivity contribution in [3.8, 4) is 11.4 Å². The summed E-state index contributed by atoms with van der Waals surface area (Å²) in [5.41, 5.74) is 7.10. The van der Waals surface area contributed by atoms with Crippen molar-refractivity contribution >= 4 is 5.91 Å². The molecule has 3 rings (SSSR count). The lowest BCUT2D eigenvalue weighted by Crippen LogP contribution is -2.45. The van der Waals surface area contributed by atoms with Crippen LogP contribution in [0.3, 0.4) is 0 Å². The molecule has 2 unspecified atom stereocenters. The zero-order valence-electron chi connectivity index (χ0n) is 15.2. The van der Waals surface area contributed by atoms with Crippen LogP contribution in [-0.4, -0.2) is 40.1 Å². The van der Waals surface area contributed by atoms with E-state index in [-0.39, 0.29) is 17.8 Å². The van der Waals surface area contributed by atoms with E-state index in [0.717, 1.165) is 19.4 Å². The van der Waals surface area contributed by atoms with Gasteiger partial charge in [0.15, 0.2) is 0 Å². The van der Waals surface area contributed by atoms with E-state index in [1.54, 1.807) is 19.1 Å². The third-order valence-electron chi connectivity index (χ3n) is 5.00. The van der Waals surface area contributed by atoms with Crippen molar-refractivity contribution in [1.29, 1.82) is 0 Å². The van der Waals surface area contributed by atoms with E-state index in [1.165, 1.54) is 6.07 Å². The molecular formula is C19H25FN4O2. The Labute approximate surface area is 152 Å². The average molecular weight is 360 g/mol. The Bertz CT molecular complexity index is 775. The number of hydrogen-bond acceptors (Lipinski definition) is 5. The van der Waals surface area contributed by atoms with E-state index in [4.69, 9.17) is 10.3 Å². The van der Waals surface area contributed by atoms with Crippen molar-refractivity contribution < 1.29 is 13.7 Å². The van der Waals surface area contributed by atoms with Crippen LogP contribution < -0.4 is 5.73 Å². The second-order valence-corrected chi connectivity index (χ2v) is 7.08. The van der Waals surface area contributed by atoms with Crippen molar-refractivity contribution in [2.24, 2.45) is 11.7 Å². The van der Waals surface area contributed by atoms with Crippen LogP contribution in [0.1, 0.15) is 37.6 Å². The fourth-order valence-electron chi connectivity index (χ4n) is 3.24. The Kier molecular flexibility index (Phi) is 5.66. The van der Waals surface area contributed by atoms with Gasteiger partial charge >= 0.3 is 0 Å². The van der Waals surface area contributed by atoms with E-state index in [0.29, 0.717) is 48.1 Å². The molecule has 6 nitrogen and oxygen atoms in total. The lowest BCUT2D eigenvalue weighted by molar-refractivity contribution is -0.133. The molecule has 2 heterocycles. The first-order valence-corrected chi connectivity index (χ1v) is 9.06. The van der Waals surface area contributed by atoms with E-state index < -0.39 is 0 Å². The Balaban J connectivity index is 1.57. The summed E-state index contributed by atoms with van der Waals surface area (Å²) in [4.78, 5) is 18.6. The maximum atomic E-state index is 13.7. The van der Waals surface area contributed by atoms with Crippen LogP contribution in [0.15, 0.2) is 22.7 Å². The molecule has 26 heavy (non-hydrogen) atoms. The molecule has 140 valence electrons. The average Bonchev–Trinajstić information content (AvgIpc) is 3.11. The predicted molar refractivity (Wildman–Crippen MR) is 95.7 cm³/mol. The summed E-state index contributed by atoms with van der Waals surface area (Å²) < 4.78 is 18.9. The molecule has 2 aromatic rings. The normalized spacial score (nSPS) is 18.8. The number of amides is 1. The quantitative estimate of drug-likeness (QED) is 0.886. The monoisotopic (exact) mass is 360 g/mol. The summed E-state index contributed by atoms with van der Waals surface area (Å²) in [6, 6.07) is 4.91. The molecule has 0 bridgehead atoms. The number of aromatic nitrogens is 2. The van der Waals surface area contributed by atoms with Crippen LogP contribution in [0.5, 0.6) is 0 Å². The van der Waals surface area contributed by atoms with Crippen LogP contribution in [0, 0.1) is 18.7 Å². The summed E-state index contributed by atoms with van der Waals surface area (Å²) in [5, 5.41) is 3.89. The number of likely N-dealkylation sites (tertiary alicyclic amines) is 1. The molecule has 2 atom stereocenters. The van der Waals surface area contributed by atoms with Gasteiger partial charge in [-0.1, -0.05) is 17.3 Å². The molecule has 1 aliphatic rings. The van der Waals surface area contributed by atoms with E-state index in [2.05, 4.69) is 10.1 Å². The number of nitrogens with zero attached hydrogens (tertiary/aromatic N) is 3. The van der Waals surface area contributed by atoms with Gasteiger partial charge in [0, 0.05) is 37.5 Å². The van der Waals surface area contributed by atoms with Gasteiger partial charge in [0.2, 0.25) is 17.6 Å². The molecule has 0 aliphatic carbocycles. The highest BCUT2D eigenvalue weighted by atomic mass is 19.1. The fraction of sp³-hybridized carbons (Fsp3) is 0.526. The smallest absolute Gasteiger partial charge is 0.227 e. The third kappa shape index (κ3) is 4.27. The Morgan fingerprint density at radius 1 is 1.50 bits per heavy atom. The van der Waals surface area contributed by atoms with E-state index in [1.807, 2.05) is 11.8 Å². The Morgan fingerprint density at radius 3 is 3.04 bits per heavy atom. The van der Waals surface area contributed by atoms with Crippen LogP contribution in [-0.2, 0) is 11.2 Å². The molecule has 0 spiro atoms. The SMILES string of the molecule is Cc1ccc(-c2noc(CCC(=O)N3CCCC(C(C)N)C3)n2)cc1F. The molecule has 7 heteroatoms. The summed E-state index contributed by atoms with van der Waals surface area (Å²) in [5.74, 6) is 0.852. The Morgan fingerprint density at radius 2 is 2.31 bits per heavy atom. The molecule has 1 saturated heterocycles. The highest BCUT2D eigenvalue weighted by Gasteiger charge is 2.25. The molecule has 1 amide bonds. The number of rotatable bonds is 5. The minimum Gasteiger partial charge on any atom is -0.342 e. The Hall–Kier alpha value is -2.28.